The first-order chi connectivity index (χ1) is 9.56. The number of non-ortho nitro benzene ring substituents is 1. The van der Waals surface area contributed by atoms with Gasteiger partial charge in [-0.15, -0.1) is 11.3 Å². The molecule has 1 heterocycles. The van der Waals surface area contributed by atoms with Crippen molar-refractivity contribution in [2.45, 2.75) is 13.1 Å². The van der Waals surface area contributed by atoms with Gasteiger partial charge in [0.05, 0.1) is 10.5 Å². The van der Waals surface area contributed by atoms with Crippen molar-refractivity contribution in [2.24, 2.45) is 0 Å². The summed E-state index contributed by atoms with van der Waals surface area (Å²) >= 11 is 1.37. The number of benzene rings is 1. The van der Waals surface area contributed by atoms with E-state index in [-0.39, 0.29) is 11.3 Å². The molecule has 0 saturated heterocycles. The monoisotopic (exact) mass is 292 g/mol. The number of nitrogens with one attached hydrogen (secondary N) is 1. The van der Waals surface area contributed by atoms with Crippen LogP contribution < -0.4 is 5.32 Å². The van der Waals surface area contributed by atoms with Crippen LogP contribution in [0.15, 0.2) is 35.7 Å². The average Bonchev–Trinajstić information content (AvgIpc) is 2.88. The number of carbonyl (C=O) groups is 1. The Kier molecular flexibility index (Phi) is 4.44. The predicted molar refractivity (Wildman–Crippen MR) is 74.9 cm³/mol. The fourth-order valence-electron chi connectivity index (χ4n) is 1.70. The third-order valence-electron chi connectivity index (χ3n) is 2.65. The Bertz CT molecular complexity index is 639. The van der Waals surface area contributed by atoms with E-state index in [0.717, 1.165) is 10.4 Å². The van der Waals surface area contributed by atoms with Gasteiger partial charge in [-0.25, -0.2) is 4.79 Å². The maximum absolute atomic E-state index is 10.7. The van der Waals surface area contributed by atoms with Crippen LogP contribution in [0.1, 0.15) is 20.8 Å². The highest BCUT2D eigenvalue weighted by atomic mass is 32.1. The zero-order valence-corrected chi connectivity index (χ0v) is 11.2. The Labute approximate surface area is 118 Å². The predicted octanol–water partition coefficient (Wildman–Crippen LogP) is 2.64. The second-order valence-electron chi connectivity index (χ2n) is 4.14. The lowest BCUT2D eigenvalue weighted by molar-refractivity contribution is -0.384. The molecule has 1 aromatic carbocycles. The Morgan fingerprint density at radius 2 is 2.15 bits per heavy atom. The molecule has 104 valence electrons. The number of thiophene rings is 1. The molecule has 0 unspecified atom stereocenters. The Morgan fingerprint density at radius 3 is 2.80 bits per heavy atom. The summed E-state index contributed by atoms with van der Waals surface area (Å²) in [6.45, 7) is 1.02. The molecule has 0 aliphatic carbocycles. The van der Waals surface area contributed by atoms with Crippen molar-refractivity contribution in [3.63, 3.8) is 0 Å². The minimum atomic E-state index is -0.939. The summed E-state index contributed by atoms with van der Waals surface area (Å²) < 4.78 is 0. The number of aromatic carboxylic acids is 1. The van der Waals surface area contributed by atoms with Gasteiger partial charge in [-0.3, -0.25) is 10.1 Å². The van der Waals surface area contributed by atoms with Crippen LogP contribution in [0, 0.1) is 10.1 Å². The molecule has 0 aliphatic rings. The maximum Gasteiger partial charge on any atom is 0.336 e. The molecule has 2 N–H and O–H groups in total. The van der Waals surface area contributed by atoms with Gasteiger partial charge in [-0.1, -0.05) is 12.1 Å². The smallest absolute Gasteiger partial charge is 0.336 e. The fraction of sp³-hybridized carbons (Fsp3) is 0.154. The summed E-state index contributed by atoms with van der Waals surface area (Å²) in [6, 6.07) is 8.03. The molecule has 6 nitrogen and oxygen atoms in total. The zero-order valence-electron chi connectivity index (χ0n) is 10.4. The molecule has 0 spiro atoms. The van der Waals surface area contributed by atoms with Crippen molar-refractivity contribution in [1.29, 1.82) is 0 Å². The molecular weight excluding hydrogens is 280 g/mol. The number of nitrogens with zero attached hydrogens (tertiary/aromatic N) is 1. The van der Waals surface area contributed by atoms with Crippen molar-refractivity contribution >= 4 is 23.0 Å². The van der Waals surface area contributed by atoms with Crippen LogP contribution in [0.2, 0.25) is 0 Å². The number of hydrogen-bond acceptors (Lipinski definition) is 5. The molecule has 2 rings (SSSR count). The molecule has 0 aliphatic heterocycles. The van der Waals surface area contributed by atoms with Crippen LogP contribution in [0.25, 0.3) is 0 Å². The number of rotatable bonds is 6. The van der Waals surface area contributed by atoms with E-state index in [9.17, 15) is 14.9 Å². The second kappa shape index (κ2) is 6.27. The van der Waals surface area contributed by atoms with E-state index in [4.69, 9.17) is 5.11 Å². The quantitative estimate of drug-likeness (QED) is 0.630. The first-order valence-corrected chi connectivity index (χ1v) is 6.69. The Hall–Kier alpha value is -2.25. The lowest BCUT2D eigenvalue weighted by atomic mass is 10.2. The standard InChI is InChI=1S/C13H12N2O4S/c16-13(17)10-5-12(20-8-10)7-14-6-9-2-1-3-11(4-9)15(18)19/h1-5,8,14H,6-7H2,(H,16,17). The van der Waals surface area contributed by atoms with Gasteiger partial charge in [0.25, 0.3) is 5.69 Å². The van der Waals surface area contributed by atoms with Crippen LogP contribution in [0.5, 0.6) is 0 Å². The first kappa shape index (κ1) is 14.2. The van der Waals surface area contributed by atoms with Crippen LogP contribution in [0.4, 0.5) is 5.69 Å². The number of nitro benzene ring substituents is 1. The molecule has 0 fully saturated rings. The maximum atomic E-state index is 10.7. The minimum Gasteiger partial charge on any atom is -0.478 e. The number of carboxylic acids is 1. The molecular formula is C13H12N2O4S. The molecule has 0 saturated carbocycles. The third-order valence-corrected chi connectivity index (χ3v) is 3.59. The van der Waals surface area contributed by atoms with Gasteiger partial charge in [-0.2, -0.15) is 0 Å². The van der Waals surface area contributed by atoms with Crippen molar-refractivity contribution in [2.75, 3.05) is 0 Å². The lowest BCUT2D eigenvalue weighted by Gasteiger charge is -2.03. The summed E-state index contributed by atoms with van der Waals surface area (Å²) in [7, 11) is 0. The summed E-state index contributed by atoms with van der Waals surface area (Å²) in [4.78, 5) is 21.9. The van der Waals surface area contributed by atoms with E-state index in [2.05, 4.69) is 5.32 Å². The molecule has 20 heavy (non-hydrogen) atoms. The van der Waals surface area contributed by atoms with Crippen molar-refractivity contribution in [3.05, 3.63) is 61.8 Å². The summed E-state index contributed by atoms with van der Waals surface area (Å²) in [5, 5.41) is 24.2. The van der Waals surface area contributed by atoms with Crippen LogP contribution in [-0.2, 0) is 13.1 Å². The molecule has 0 atom stereocenters. The SMILES string of the molecule is O=C(O)c1csc(CNCc2cccc([N+](=O)[O-])c2)c1. The van der Waals surface area contributed by atoms with E-state index in [1.165, 1.54) is 23.5 Å². The molecule has 7 heteroatoms. The van der Waals surface area contributed by atoms with Gasteiger partial charge in [0, 0.05) is 35.5 Å². The minimum absolute atomic E-state index is 0.0635. The largest absolute Gasteiger partial charge is 0.478 e. The summed E-state index contributed by atoms with van der Waals surface area (Å²) in [5.74, 6) is -0.939. The van der Waals surface area contributed by atoms with Gasteiger partial charge >= 0.3 is 5.97 Å². The van der Waals surface area contributed by atoms with Gasteiger partial charge in [-0.05, 0) is 11.6 Å². The van der Waals surface area contributed by atoms with Gasteiger partial charge in [0.1, 0.15) is 0 Å². The van der Waals surface area contributed by atoms with E-state index >= 15 is 0 Å². The Balaban J connectivity index is 1.90. The molecule has 0 amide bonds. The fourth-order valence-corrected chi connectivity index (χ4v) is 2.52. The highest BCUT2D eigenvalue weighted by Crippen LogP contribution is 2.16. The van der Waals surface area contributed by atoms with Gasteiger partial charge in [0.2, 0.25) is 0 Å². The number of carboxylic acid groups (broad SMARTS) is 1. The van der Waals surface area contributed by atoms with Crippen LogP contribution >= 0.6 is 11.3 Å². The summed E-state index contributed by atoms with van der Waals surface area (Å²) in [5.41, 5.74) is 1.16. The Morgan fingerprint density at radius 1 is 1.35 bits per heavy atom. The first-order valence-electron chi connectivity index (χ1n) is 5.81. The lowest BCUT2D eigenvalue weighted by Crippen LogP contribution is -2.11. The van der Waals surface area contributed by atoms with Crippen LogP contribution in [0.3, 0.4) is 0 Å². The third kappa shape index (κ3) is 3.62. The van der Waals surface area contributed by atoms with E-state index in [1.807, 2.05) is 0 Å². The number of hydrogen-bond donors (Lipinski definition) is 2. The van der Waals surface area contributed by atoms with Crippen molar-refractivity contribution in [3.8, 4) is 0 Å². The average molecular weight is 292 g/mol. The van der Waals surface area contributed by atoms with Gasteiger partial charge in [0.15, 0.2) is 0 Å². The van der Waals surface area contributed by atoms with Crippen molar-refractivity contribution < 1.29 is 14.8 Å². The molecule has 2 aromatic rings. The topological polar surface area (TPSA) is 92.5 Å². The second-order valence-corrected chi connectivity index (χ2v) is 5.13. The molecule has 1 aromatic heterocycles. The van der Waals surface area contributed by atoms with E-state index < -0.39 is 10.9 Å². The highest BCUT2D eigenvalue weighted by molar-refractivity contribution is 7.10. The van der Waals surface area contributed by atoms with E-state index in [0.29, 0.717) is 13.1 Å². The zero-order chi connectivity index (χ0) is 14.5. The molecule has 0 radical (unpaired) electrons. The highest BCUT2D eigenvalue weighted by Gasteiger charge is 2.07. The van der Waals surface area contributed by atoms with Crippen molar-refractivity contribution in [1.82, 2.24) is 5.32 Å². The van der Waals surface area contributed by atoms with Crippen LogP contribution in [-0.4, -0.2) is 16.0 Å². The molecule has 0 bridgehead atoms. The number of nitro groups is 1. The normalized spacial score (nSPS) is 10.4. The van der Waals surface area contributed by atoms with E-state index in [1.54, 1.807) is 23.6 Å². The summed E-state index contributed by atoms with van der Waals surface area (Å²) in [6.07, 6.45) is 0. The van der Waals surface area contributed by atoms with Gasteiger partial charge < -0.3 is 10.4 Å².